The van der Waals surface area contributed by atoms with Gasteiger partial charge >= 0.3 is 5.97 Å². The smallest absolute Gasteiger partial charge is 0.346 e. The van der Waals surface area contributed by atoms with E-state index in [1.165, 1.54) is 0 Å². The highest BCUT2D eigenvalue weighted by Gasteiger charge is 2.42. The molecule has 1 heterocycles. The van der Waals surface area contributed by atoms with Crippen LogP contribution >= 0.6 is 0 Å². The van der Waals surface area contributed by atoms with Gasteiger partial charge in [-0.2, -0.15) is 0 Å². The van der Waals surface area contributed by atoms with Crippen LogP contribution in [-0.4, -0.2) is 29.1 Å². The molecule has 0 amide bonds. The minimum Gasteiger partial charge on any atom is -0.507 e. The molecule has 0 bridgehead atoms. The highest BCUT2D eigenvalue weighted by atomic mass is 16.6. The average molecular weight is 304 g/mol. The number of aliphatic hydroxyl groups is 1. The van der Waals surface area contributed by atoms with Gasteiger partial charge in [-0.25, -0.2) is 4.79 Å². The van der Waals surface area contributed by atoms with Gasteiger partial charge in [0.25, 0.3) is 0 Å². The van der Waals surface area contributed by atoms with E-state index in [0.717, 1.165) is 0 Å². The Bertz CT molecular complexity index is 588. The van der Waals surface area contributed by atoms with E-state index in [2.05, 4.69) is 0 Å². The second kappa shape index (κ2) is 6.64. The fourth-order valence-corrected chi connectivity index (χ4v) is 2.28. The van der Waals surface area contributed by atoms with Crippen LogP contribution in [0.25, 0.3) is 0 Å². The van der Waals surface area contributed by atoms with E-state index >= 15 is 0 Å². The van der Waals surface area contributed by atoms with Crippen molar-refractivity contribution < 1.29 is 24.2 Å². The summed E-state index contributed by atoms with van der Waals surface area (Å²) in [5.41, 5.74) is -0.297. The Labute approximate surface area is 129 Å². The van der Waals surface area contributed by atoms with E-state index in [-0.39, 0.29) is 17.3 Å². The van der Waals surface area contributed by atoms with Gasteiger partial charge in [-0.15, -0.1) is 0 Å². The first-order valence-corrected chi connectivity index (χ1v) is 7.30. The Balaban J connectivity index is 2.17. The Morgan fingerprint density at radius 1 is 1.23 bits per heavy atom. The van der Waals surface area contributed by atoms with E-state index in [1.54, 1.807) is 31.2 Å². The summed E-state index contributed by atoms with van der Waals surface area (Å²) >= 11 is 0. The van der Waals surface area contributed by atoms with Gasteiger partial charge in [-0.1, -0.05) is 32.0 Å². The largest absolute Gasteiger partial charge is 0.507 e. The van der Waals surface area contributed by atoms with Gasteiger partial charge in [0, 0.05) is 0 Å². The summed E-state index contributed by atoms with van der Waals surface area (Å²) in [6.45, 7) is 5.44. The van der Waals surface area contributed by atoms with Crippen molar-refractivity contribution in [3.63, 3.8) is 0 Å². The van der Waals surface area contributed by atoms with E-state index in [1.807, 2.05) is 19.9 Å². The molecule has 0 aliphatic carbocycles. The fraction of sp³-hybridized carbons (Fsp3) is 0.412. The molecular formula is C17H20O5. The zero-order valence-electron chi connectivity index (χ0n) is 12.9. The number of Topliss-reactive ketones (excluding diaryl/α,β-unsaturated/α-hetero) is 1. The normalized spacial score (nSPS) is 21.7. The molecule has 1 saturated heterocycles. The molecule has 2 unspecified atom stereocenters. The summed E-state index contributed by atoms with van der Waals surface area (Å²) in [5, 5.41) is 10.2. The fourth-order valence-electron chi connectivity index (χ4n) is 2.28. The summed E-state index contributed by atoms with van der Waals surface area (Å²) in [7, 11) is 0. The van der Waals surface area contributed by atoms with E-state index < -0.39 is 24.0 Å². The molecule has 1 fully saturated rings. The van der Waals surface area contributed by atoms with Gasteiger partial charge < -0.3 is 14.6 Å². The molecule has 0 aromatic heterocycles. The minimum absolute atomic E-state index is 0.209. The number of cyclic esters (lactones) is 1. The third-order valence-electron chi connectivity index (χ3n) is 3.38. The van der Waals surface area contributed by atoms with Crippen LogP contribution in [0.3, 0.4) is 0 Å². The molecular weight excluding hydrogens is 284 g/mol. The topological polar surface area (TPSA) is 72.8 Å². The lowest BCUT2D eigenvalue weighted by Crippen LogP contribution is -2.22. The molecule has 1 aliphatic rings. The van der Waals surface area contributed by atoms with Gasteiger partial charge in [0.15, 0.2) is 18.0 Å². The standard InChI is InChI=1S/C17H20O5/c1-10(2)9-13-16(19)14(17(20)22-13)15(18)11(3)21-12-7-5-4-6-8-12/h4-8,10-11,13,18H,9H2,1-3H3/b15-14+. The van der Waals surface area contributed by atoms with Crippen LogP contribution in [0.2, 0.25) is 0 Å². The third-order valence-corrected chi connectivity index (χ3v) is 3.38. The Kier molecular flexibility index (Phi) is 4.85. The first-order valence-electron chi connectivity index (χ1n) is 7.30. The Morgan fingerprint density at radius 3 is 2.45 bits per heavy atom. The number of aliphatic hydroxyl groups excluding tert-OH is 1. The number of ketones is 1. The lowest BCUT2D eigenvalue weighted by atomic mass is 9.99. The predicted molar refractivity (Wildman–Crippen MR) is 80.5 cm³/mol. The first-order chi connectivity index (χ1) is 10.4. The SMILES string of the molecule is CC(C)CC1OC(=O)/C(=C(/O)C(C)Oc2ccccc2)C1=O. The monoisotopic (exact) mass is 304 g/mol. The lowest BCUT2D eigenvalue weighted by molar-refractivity contribution is -0.141. The zero-order valence-corrected chi connectivity index (χ0v) is 12.9. The van der Waals surface area contributed by atoms with Gasteiger partial charge in [-0.05, 0) is 31.4 Å². The molecule has 2 rings (SSSR count). The molecule has 0 spiro atoms. The maximum atomic E-state index is 12.2. The average Bonchev–Trinajstić information content (AvgIpc) is 2.73. The van der Waals surface area contributed by atoms with E-state index in [0.29, 0.717) is 12.2 Å². The molecule has 22 heavy (non-hydrogen) atoms. The quantitative estimate of drug-likeness (QED) is 0.392. The molecule has 1 aromatic carbocycles. The summed E-state index contributed by atoms with van der Waals surface area (Å²) in [6.07, 6.45) is -1.18. The minimum atomic E-state index is -0.813. The van der Waals surface area contributed by atoms with Crippen molar-refractivity contribution in [3.05, 3.63) is 41.7 Å². The zero-order chi connectivity index (χ0) is 16.3. The van der Waals surface area contributed by atoms with E-state index in [4.69, 9.17) is 9.47 Å². The van der Waals surface area contributed by atoms with Crippen molar-refractivity contribution in [1.29, 1.82) is 0 Å². The molecule has 2 atom stereocenters. The number of benzene rings is 1. The molecule has 1 N–H and O–H groups in total. The lowest BCUT2D eigenvalue weighted by Gasteiger charge is -2.14. The summed E-state index contributed by atoms with van der Waals surface area (Å²) in [4.78, 5) is 24.1. The molecule has 1 aliphatic heterocycles. The van der Waals surface area contributed by atoms with E-state index in [9.17, 15) is 14.7 Å². The van der Waals surface area contributed by atoms with Gasteiger partial charge in [0.2, 0.25) is 5.78 Å². The molecule has 5 nitrogen and oxygen atoms in total. The molecule has 0 radical (unpaired) electrons. The highest BCUT2D eigenvalue weighted by molar-refractivity contribution is 6.23. The van der Waals surface area contributed by atoms with Crippen LogP contribution < -0.4 is 4.74 Å². The number of hydrogen-bond donors (Lipinski definition) is 1. The Morgan fingerprint density at radius 2 is 1.86 bits per heavy atom. The molecule has 118 valence electrons. The number of esters is 1. The summed E-state index contributed by atoms with van der Waals surface area (Å²) in [6, 6.07) is 8.87. The van der Waals surface area contributed by atoms with Crippen LogP contribution in [0, 0.1) is 5.92 Å². The molecule has 5 heteroatoms. The number of carbonyl (C=O) groups is 2. The van der Waals surface area contributed by atoms with Crippen LogP contribution in [0.4, 0.5) is 0 Å². The first kappa shape index (κ1) is 16.1. The summed E-state index contributed by atoms with van der Waals surface area (Å²) < 4.78 is 10.6. The van der Waals surface area contributed by atoms with Crippen molar-refractivity contribution >= 4 is 11.8 Å². The number of ether oxygens (including phenoxy) is 2. The molecule has 0 saturated carbocycles. The predicted octanol–water partition coefficient (Wildman–Crippen LogP) is 2.81. The maximum Gasteiger partial charge on any atom is 0.346 e. The second-order valence-electron chi connectivity index (χ2n) is 5.72. The van der Waals surface area contributed by atoms with Gasteiger partial charge in [0.1, 0.15) is 11.3 Å². The van der Waals surface area contributed by atoms with Gasteiger partial charge in [0.05, 0.1) is 0 Å². The number of rotatable bonds is 5. The third kappa shape index (κ3) is 3.47. The van der Waals surface area contributed by atoms with Crippen LogP contribution in [0.1, 0.15) is 27.2 Å². The number of carbonyl (C=O) groups excluding carboxylic acids is 2. The number of hydrogen-bond acceptors (Lipinski definition) is 5. The van der Waals surface area contributed by atoms with Crippen molar-refractivity contribution in [1.82, 2.24) is 0 Å². The number of para-hydroxylation sites is 1. The maximum absolute atomic E-state index is 12.2. The van der Waals surface area contributed by atoms with Crippen molar-refractivity contribution in [3.8, 4) is 5.75 Å². The summed E-state index contributed by atoms with van der Waals surface area (Å²) in [5.74, 6) is -0.887. The molecule has 1 aromatic rings. The van der Waals surface area contributed by atoms with Crippen LogP contribution in [0.5, 0.6) is 5.75 Å². The second-order valence-corrected chi connectivity index (χ2v) is 5.72. The van der Waals surface area contributed by atoms with Crippen LogP contribution in [-0.2, 0) is 14.3 Å². The van der Waals surface area contributed by atoms with Crippen molar-refractivity contribution in [2.24, 2.45) is 5.92 Å². The Hall–Kier alpha value is -2.30. The van der Waals surface area contributed by atoms with Crippen molar-refractivity contribution in [2.75, 3.05) is 0 Å². The van der Waals surface area contributed by atoms with Crippen LogP contribution in [0.15, 0.2) is 41.7 Å². The van der Waals surface area contributed by atoms with Crippen molar-refractivity contribution in [2.45, 2.75) is 39.4 Å². The van der Waals surface area contributed by atoms with Gasteiger partial charge in [-0.3, -0.25) is 4.79 Å². The highest BCUT2D eigenvalue weighted by Crippen LogP contribution is 2.26.